The molecule has 2 N–H and O–H groups in total. The molecule has 0 spiro atoms. The summed E-state index contributed by atoms with van der Waals surface area (Å²) >= 11 is 0. The Hall–Kier alpha value is -1.62. The highest BCUT2D eigenvalue weighted by Crippen LogP contribution is 2.44. The van der Waals surface area contributed by atoms with Gasteiger partial charge in [-0.05, 0) is 32.4 Å². The van der Waals surface area contributed by atoms with Crippen molar-refractivity contribution in [1.29, 1.82) is 0 Å². The van der Waals surface area contributed by atoms with Crippen molar-refractivity contribution in [3.8, 4) is 5.75 Å². The van der Waals surface area contributed by atoms with Gasteiger partial charge in [-0.2, -0.15) is 0 Å². The van der Waals surface area contributed by atoms with Crippen LogP contribution in [0.1, 0.15) is 20.3 Å². The molecule has 7 heteroatoms. The summed E-state index contributed by atoms with van der Waals surface area (Å²) in [5.74, 6) is -0.0489. The topological polar surface area (TPSA) is 84.9 Å². The molecule has 0 saturated heterocycles. The second-order valence-electron chi connectivity index (χ2n) is 5.17. The zero-order chi connectivity index (χ0) is 17.3. The van der Waals surface area contributed by atoms with Crippen molar-refractivity contribution >= 4 is 13.5 Å². The van der Waals surface area contributed by atoms with Crippen molar-refractivity contribution in [2.24, 2.45) is 0 Å². The van der Waals surface area contributed by atoms with E-state index in [1.807, 2.05) is 6.07 Å². The van der Waals surface area contributed by atoms with Crippen LogP contribution >= 0.6 is 7.52 Å². The first-order valence-corrected chi connectivity index (χ1v) is 9.17. The molecular weight excluding hydrogens is 317 g/mol. The first-order chi connectivity index (χ1) is 10.9. The maximum Gasteiger partial charge on any atom is 0.323 e. The lowest BCUT2D eigenvalue weighted by Gasteiger charge is -2.23. The molecule has 1 aromatic carbocycles. The highest BCUT2D eigenvalue weighted by atomic mass is 31.2. The molecule has 0 saturated carbocycles. The van der Waals surface area contributed by atoms with Crippen LogP contribution in [0, 0.1) is 0 Å². The molecule has 1 rings (SSSR count). The van der Waals surface area contributed by atoms with E-state index in [1.165, 1.54) is 7.11 Å². The SMILES string of the molecule is COC(=O)C(C)NP(=O)(CC/C=C(\C)CO)Oc1ccccc1. The van der Waals surface area contributed by atoms with E-state index in [0.717, 1.165) is 5.57 Å². The number of rotatable bonds is 9. The van der Waals surface area contributed by atoms with Gasteiger partial charge in [-0.25, -0.2) is 5.09 Å². The normalized spacial score (nSPS) is 15.6. The Labute approximate surface area is 137 Å². The summed E-state index contributed by atoms with van der Waals surface area (Å²) in [5, 5.41) is 11.8. The van der Waals surface area contributed by atoms with Gasteiger partial charge in [0.05, 0.1) is 19.9 Å². The number of aliphatic hydroxyl groups is 1. The van der Waals surface area contributed by atoms with Gasteiger partial charge in [0.2, 0.25) is 0 Å². The summed E-state index contributed by atoms with van der Waals surface area (Å²) < 4.78 is 23.3. The largest absolute Gasteiger partial charge is 0.468 e. The number of ether oxygens (including phenoxy) is 1. The summed E-state index contributed by atoms with van der Waals surface area (Å²) in [4.78, 5) is 11.6. The van der Waals surface area contributed by atoms with E-state index in [4.69, 9.17) is 9.63 Å². The maximum atomic E-state index is 13.1. The van der Waals surface area contributed by atoms with Gasteiger partial charge < -0.3 is 14.4 Å². The lowest BCUT2D eigenvalue weighted by molar-refractivity contribution is -0.142. The van der Waals surface area contributed by atoms with Crippen LogP contribution in [-0.2, 0) is 14.1 Å². The molecule has 2 atom stereocenters. The molecule has 0 aliphatic heterocycles. The Morgan fingerprint density at radius 1 is 1.39 bits per heavy atom. The minimum atomic E-state index is -3.31. The average molecular weight is 341 g/mol. The highest BCUT2D eigenvalue weighted by Gasteiger charge is 2.29. The van der Waals surface area contributed by atoms with Crippen LogP contribution in [0.5, 0.6) is 5.75 Å². The molecule has 0 aliphatic carbocycles. The zero-order valence-corrected chi connectivity index (χ0v) is 14.6. The van der Waals surface area contributed by atoms with E-state index < -0.39 is 19.5 Å². The molecule has 23 heavy (non-hydrogen) atoms. The van der Waals surface area contributed by atoms with E-state index in [1.54, 1.807) is 44.2 Å². The van der Waals surface area contributed by atoms with Crippen molar-refractivity contribution in [3.05, 3.63) is 42.0 Å². The van der Waals surface area contributed by atoms with Gasteiger partial charge in [-0.15, -0.1) is 0 Å². The quantitative estimate of drug-likeness (QED) is 0.408. The van der Waals surface area contributed by atoms with Gasteiger partial charge in [-0.3, -0.25) is 9.36 Å². The van der Waals surface area contributed by atoms with Crippen molar-refractivity contribution in [2.75, 3.05) is 19.9 Å². The second-order valence-corrected chi connectivity index (χ2v) is 7.41. The standard InChI is InChI=1S/C16H24NO5P/c1-13(12-18)8-7-11-23(20,17-14(2)16(19)21-3)22-15-9-5-4-6-10-15/h4-6,8-10,14,18H,7,11-12H2,1-3H3,(H,17,20)/b13-8+. The number of carbonyl (C=O) groups excluding carboxylic acids is 1. The molecule has 0 fully saturated rings. The number of aliphatic hydroxyl groups excluding tert-OH is 1. The third kappa shape index (κ3) is 6.99. The van der Waals surface area contributed by atoms with Crippen LogP contribution in [-0.4, -0.2) is 37.0 Å². The van der Waals surface area contributed by atoms with Crippen LogP contribution in [0.2, 0.25) is 0 Å². The molecule has 1 aromatic rings. The first kappa shape index (κ1) is 19.4. The minimum Gasteiger partial charge on any atom is -0.468 e. The lowest BCUT2D eigenvalue weighted by atomic mass is 10.3. The Kier molecular flexibility index (Phi) is 8.03. The molecule has 0 radical (unpaired) electrons. The van der Waals surface area contributed by atoms with E-state index in [2.05, 4.69) is 9.82 Å². The monoisotopic (exact) mass is 341 g/mol. The fourth-order valence-corrected chi connectivity index (χ4v) is 3.76. The fraction of sp³-hybridized carbons (Fsp3) is 0.438. The van der Waals surface area contributed by atoms with E-state index in [9.17, 15) is 9.36 Å². The number of benzene rings is 1. The van der Waals surface area contributed by atoms with Gasteiger partial charge in [0, 0.05) is 0 Å². The third-order valence-corrected chi connectivity index (χ3v) is 5.24. The van der Waals surface area contributed by atoms with Gasteiger partial charge >= 0.3 is 13.5 Å². The van der Waals surface area contributed by atoms with Crippen LogP contribution < -0.4 is 9.61 Å². The Balaban J connectivity index is 2.85. The number of esters is 1. The van der Waals surface area contributed by atoms with E-state index >= 15 is 0 Å². The predicted molar refractivity (Wildman–Crippen MR) is 89.6 cm³/mol. The number of para-hydroxylation sites is 1. The smallest absolute Gasteiger partial charge is 0.323 e. The van der Waals surface area contributed by atoms with Crippen LogP contribution in [0.3, 0.4) is 0 Å². The van der Waals surface area contributed by atoms with E-state index in [-0.39, 0.29) is 12.8 Å². The Bertz CT molecular complexity index is 573. The number of hydrogen-bond acceptors (Lipinski definition) is 5. The van der Waals surface area contributed by atoms with Gasteiger partial charge in [-0.1, -0.05) is 29.8 Å². The number of nitrogens with one attached hydrogen (secondary N) is 1. The van der Waals surface area contributed by atoms with Gasteiger partial charge in [0.15, 0.2) is 0 Å². The number of methoxy groups -OCH3 is 1. The summed E-state index contributed by atoms with van der Waals surface area (Å²) in [6.45, 7) is 3.31. The molecule has 0 amide bonds. The molecular formula is C16H24NO5P. The molecule has 0 aromatic heterocycles. The number of hydrogen-bond donors (Lipinski definition) is 2. The summed E-state index contributed by atoms with van der Waals surface area (Å²) in [6.07, 6.45) is 2.45. The minimum absolute atomic E-state index is 0.0458. The van der Waals surface area contributed by atoms with Crippen molar-refractivity contribution in [2.45, 2.75) is 26.3 Å². The van der Waals surface area contributed by atoms with Crippen molar-refractivity contribution < 1.29 is 23.7 Å². The summed E-state index contributed by atoms with van der Waals surface area (Å²) in [6, 6.07) is 8.03. The third-order valence-electron chi connectivity index (χ3n) is 3.11. The molecule has 0 aliphatic rings. The van der Waals surface area contributed by atoms with Crippen LogP contribution in [0.15, 0.2) is 42.0 Å². The van der Waals surface area contributed by atoms with E-state index in [0.29, 0.717) is 12.2 Å². The average Bonchev–Trinajstić information content (AvgIpc) is 2.54. The van der Waals surface area contributed by atoms with Crippen molar-refractivity contribution in [1.82, 2.24) is 5.09 Å². The molecule has 2 unspecified atom stereocenters. The number of allylic oxidation sites excluding steroid dienone is 1. The number of carbonyl (C=O) groups is 1. The Morgan fingerprint density at radius 3 is 2.61 bits per heavy atom. The summed E-state index contributed by atoms with van der Waals surface area (Å²) in [5.41, 5.74) is 0.789. The van der Waals surface area contributed by atoms with Gasteiger partial charge in [0.25, 0.3) is 0 Å². The molecule has 0 bridgehead atoms. The maximum absolute atomic E-state index is 13.1. The molecule has 128 valence electrons. The second kappa shape index (κ2) is 9.50. The predicted octanol–water partition coefficient (Wildman–Crippen LogP) is 2.74. The Morgan fingerprint density at radius 2 is 2.04 bits per heavy atom. The zero-order valence-electron chi connectivity index (χ0n) is 13.7. The van der Waals surface area contributed by atoms with Crippen molar-refractivity contribution in [3.63, 3.8) is 0 Å². The van der Waals surface area contributed by atoms with Crippen LogP contribution in [0.4, 0.5) is 0 Å². The highest BCUT2D eigenvalue weighted by molar-refractivity contribution is 7.57. The fourth-order valence-electron chi connectivity index (χ4n) is 1.86. The van der Waals surface area contributed by atoms with Crippen LogP contribution in [0.25, 0.3) is 0 Å². The molecule has 6 nitrogen and oxygen atoms in total. The first-order valence-electron chi connectivity index (χ1n) is 7.36. The lowest BCUT2D eigenvalue weighted by Crippen LogP contribution is -2.34. The van der Waals surface area contributed by atoms with Gasteiger partial charge in [0.1, 0.15) is 11.8 Å². The summed E-state index contributed by atoms with van der Waals surface area (Å²) in [7, 11) is -2.03. The molecule has 0 heterocycles.